The topological polar surface area (TPSA) is 90.2 Å². The number of aromatic nitrogens is 7. The lowest BCUT2D eigenvalue weighted by molar-refractivity contribution is 1.18. The number of hydrogen-bond acceptors (Lipinski definition) is 7. The number of benzene rings is 13. The summed E-state index contributed by atoms with van der Waals surface area (Å²) in [5, 5.41) is 6.81. The summed E-state index contributed by atoms with van der Waals surface area (Å²) in [5.41, 5.74) is 30.1. The Labute approximate surface area is 615 Å². The lowest BCUT2D eigenvalue weighted by Gasteiger charge is -2.13. The van der Waals surface area contributed by atoms with E-state index in [-0.39, 0.29) is 0 Å². The van der Waals surface area contributed by atoms with Crippen LogP contribution in [0.5, 0.6) is 0 Å². The zero-order chi connectivity index (χ0) is 70.9. The van der Waals surface area contributed by atoms with Crippen molar-refractivity contribution in [2.24, 2.45) is 0 Å². The van der Waals surface area contributed by atoms with Crippen LogP contribution in [0.2, 0.25) is 0 Å². The minimum atomic E-state index is 0.710. The molecule has 0 unspecified atom stereocenters. The Bertz CT molecular complexity index is 6340. The molecule has 0 fully saturated rings. The predicted octanol–water partition coefficient (Wildman–Crippen LogP) is 25.5. The van der Waals surface area contributed by atoms with Gasteiger partial charge in [-0.15, -0.1) is 0 Å². The van der Waals surface area contributed by atoms with E-state index in [0.29, 0.717) is 5.82 Å². The maximum atomic E-state index is 5.29. The van der Waals surface area contributed by atoms with E-state index in [4.69, 9.17) is 34.9 Å². The van der Waals surface area contributed by atoms with Gasteiger partial charge >= 0.3 is 0 Å². The highest BCUT2D eigenvalue weighted by Gasteiger charge is 2.19. The summed E-state index contributed by atoms with van der Waals surface area (Å²) >= 11 is 0. The van der Waals surface area contributed by atoms with Crippen LogP contribution in [0.25, 0.3) is 189 Å². The fourth-order valence-electron chi connectivity index (χ4n) is 14.3. The number of nitrogens with zero attached hydrogens (tertiary/aromatic N) is 7. The zero-order valence-corrected chi connectivity index (χ0v) is 58.3. The summed E-state index contributed by atoms with van der Waals surface area (Å²) < 4.78 is 0. The lowest BCUT2D eigenvalue weighted by atomic mass is 9.95. The third-order valence-electron chi connectivity index (χ3n) is 19.9. The molecule has 0 radical (unpaired) electrons. The van der Waals surface area contributed by atoms with E-state index < -0.39 is 0 Å². The third-order valence-corrected chi connectivity index (χ3v) is 19.9. The van der Waals surface area contributed by atoms with Crippen molar-refractivity contribution in [1.82, 2.24) is 34.9 Å². The van der Waals surface area contributed by atoms with E-state index in [2.05, 4.69) is 328 Å². The van der Waals surface area contributed by atoms with E-state index in [9.17, 15) is 0 Å². The molecule has 0 aliphatic rings. The van der Waals surface area contributed by atoms with E-state index in [1.807, 2.05) is 56.3 Å². The van der Waals surface area contributed by atoms with Crippen LogP contribution in [0, 0.1) is 13.8 Å². The first kappa shape index (κ1) is 64.1. The Hall–Kier alpha value is -14.0. The molecule has 0 amide bonds. The molecular formula is C99H67N7. The highest BCUT2D eigenvalue weighted by Crippen LogP contribution is 2.41. The van der Waals surface area contributed by atoms with Crippen LogP contribution in [-0.2, 0) is 0 Å². The number of pyridine rings is 5. The lowest BCUT2D eigenvalue weighted by Crippen LogP contribution is -1.95. The molecule has 19 rings (SSSR count). The molecule has 0 N–H and O–H groups in total. The molecule has 0 bridgehead atoms. The van der Waals surface area contributed by atoms with Gasteiger partial charge < -0.3 is 0 Å². The second-order valence-corrected chi connectivity index (χ2v) is 26.9. The van der Waals surface area contributed by atoms with Crippen molar-refractivity contribution in [3.63, 3.8) is 0 Å². The van der Waals surface area contributed by atoms with Gasteiger partial charge in [0.25, 0.3) is 0 Å². The summed E-state index contributed by atoms with van der Waals surface area (Å²) in [7, 11) is 0. The highest BCUT2D eigenvalue weighted by molar-refractivity contribution is 6.11. The second-order valence-electron chi connectivity index (χ2n) is 26.9. The fourth-order valence-corrected chi connectivity index (χ4v) is 14.3. The van der Waals surface area contributed by atoms with Crippen molar-refractivity contribution in [2.45, 2.75) is 13.8 Å². The molecule has 0 aliphatic heterocycles. The molecule has 6 heterocycles. The van der Waals surface area contributed by atoms with Gasteiger partial charge in [0.2, 0.25) is 0 Å². The van der Waals surface area contributed by atoms with E-state index in [1.165, 1.54) is 16.3 Å². The first-order valence-electron chi connectivity index (χ1n) is 35.8. The molecule has 0 spiro atoms. The first-order chi connectivity index (χ1) is 52.3. The van der Waals surface area contributed by atoms with Gasteiger partial charge in [-0.3, -0.25) is 9.97 Å². The van der Waals surface area contributed by atoms with Gasteiger partial charge in [0.05, 0.1) is 56.2 Å². The Balaban J connectivity index is 0.000000151. The monoisotopic (exact) mass is 1350 g/mol. The van der Waals surface area contributed by atoms with E-state index in [1.54, 1.807) is 0 Å². The Kier molecular flexibility index (Phi) is 17.0. The van der Waals surface area contributed by atoms with Gasteiger partial charge in [-0.1, -0.05) is 322 Å². The minimum Gasteiger partial charge on any atom is -0.251 e. The van der Waals surface area contributed by atoms with Crippen LogP contribution >= 0.6 is 0 Å². The van der Waals surface area contributed by atoms with E-state index >= 15 is 0 Å². The molecule has 106 heavy (non-hydrogen) atoms. The van der Waals surface area contributed by atoms with Crippen LogP contribution in [0.15, 0.2) is 370 Å². The predicted molar refractivity (Wildman–Crippen MR) is 440 cm³/mol. The number of rotatable bonds is 12. The molecule has 0 saturated carbocycles. The quantitative estimate of drug-likeness (QED) is 0.113. The van der Waals surface area contributed by atoms with Gasteiger partial charge in [-0.05, 0) is 129 Å². The molecule has 0 atom stereocenters. The van der Waals surface area contributed by atoms with Crippen molar-refractivity contribution >= 4 is 54.4 Å². The largest absolute Gasteiger partial charge is 0.251 e. The van der Waals surface area contributed by atoms with Gasteiger partial charge in [-0.2, -0.15) is 0 Å². The normalized spacial score (nSPS) is 11.3. The SMILES string of the molecule is Cc1ccc2ccc3c(-c4ccc5ccccc5c4)cc(-c4ccc(-c5ccc(-c6cc(-c7ccccc7)nc(-c7ccccc7)n6)cc5)cc4)nc3c2n1.Cc1ccc2ccc3c(-c4ccccc4)cc(-c4ccc(-c5ccc(-c6cc(-c7ccccc7)cc(-c7ccccc7)n6)cc5)cc4)nc3c2n1. The van der Waals surface area contributed by atoms with Crippen molar-refractivity contribution < 1.29 is 0 Å². The summed E-state index contributed by atoms with van der Waals surface area (Å²) in [4.78, 5) is 35.5. The summed E-state index contributed by atoms with van der Waals surface area (Å²) in [6, 6.07) is 130. The molecule has 0 saturated heterocycles. The van der Waals surface area contributed by atoms with Crippen LogP contribution in [0.1, 0.15) is 11.4 Å². The van der Waals surface area contributed by atoms with Crippen LogP contribution in [-0.4, -0.2) is 34.9 Å². The minimum absolute atomic E-state index is 0.710. The molecule has 19 aromatic rings. The summed E-state index contributed by atoms with van der Waals surface area (Å²) in [6.07, 6.45) is 0. The van der Waals surface area contributed by atoms with Gasteiger partial charge in [0.1, 0.15) is 0 Å². The maximum absolute atomic E-state index is 5.29. The number of fused-ring (bicyclic) bond motifs is 7. The van der Waals surface area contributed by atoms with Crippen LogP contribution in [0.3, 0.4) is 0 Å². The van der Waals surface area contributed by atoms with Crippen molar-refractivity contribution in [1.29, 1.82) is 0 Å². The smallest absolute Gasteiger partial charge is 0.160 e. The average molecular weight is 1350 g/mol. The Morgan fingerprint density at radius 3 is 0.896 bits per heavy atom. The summed E-state index contributed by atoms with van der Waals surface area (Å²) in [5.74, 6) is 0.710. The molecule has 6 aromatic heterocycles. The highest BCUT2D eigenvalue weighted by atomic mass is 14.9. The van der Waals surface area contributed by atoms with Crippen LogP contribution < -0.4 is 0 Å². The molecule has 13 aromatic carbocycles. The fraction of sp³-hybridized carbons (Fsp3) is 0.0202. The molecule has 498 valence electrons. The first-order valence-corrected chi connectivity index (χ1v) is 35.8. The third kappa shape index (κ3) is 13.0. The molecule has 7 heteroatoms. The second kappa shape index (κ2) is 28.1. The Morgan fingerprint density at radius 2 is 0.462 bits per heavy atom. The van der Waals surface area contributed by atoms with Crippen molar-refractivity contribution in [3.05, 3.63) is 381 Å². The Morgan fingerprint density at radius 1 is 0.160 bits per heavy atom. The maximum Gasteiger partial charge on any atom is 0.160 e. The molecule has 0 aliphatic carbocycles. The number of aryl methyl sites for hydroxylation is 2. The van der Waals surface area contributed by atoms with Gasteiger partial charge in [-0.25, -0.2) is 24.9 Å². The molecule has 7 nitrogen and oxygen atoms in total. The average Bonchev–Trinajstić information content (AvgIpc) is 0.748. The summed E-state index contributed by atoms with van der Waals surface area (Å²) in [6.45, 7) is 4.07. The van der Waals surface area contributed by atoms with Crippen LogP contribution in [0.4, 0.5) is 0 Å². The van der Waals surface area contributed by atoms with Crippen molar-refractivity contribution in [3.8, 4) is 135 Å². The van der Waals surface area contributed by atoms with E-state index in [0.717, 1.165) is 178 Å². The molecular weight excluding hydrogens is 1290 g/mol. The van der Waals surface area contributed by atoms with Gasteiger partial charge in [0, 0.05) is 71.9 Å². The zero-order valence-electron chi connectivity index (χ0n) is 58.3. The van der Waals surface area contributed by atoms with Crippen molar-refractivity contribution in [2.75, 3.05) is 0 Å². The van der Waals surface area contributed by atoms with Gasteiger partial charge in [0.15, 0.2) is 5.82 Å². The standard InChI is InChI=1S/C51H34N4.C48H33N3/c1-33-16-17-40-28-29-44-45(43-27-22-34-10-8-9-15-42(34)30-43)31-46(53-50(44)49(40)52-33)38-23-18-35(19-24-38)36-20-25-39(26-21-36)48-32-47(37-11-4-2-5-12-37)54-51(55-48)41-13-6-3-7-14-41;1-32-17-18-40-27-28-42-43(36-13-7-3-8-14-36)31-46(51-48(42)47(40)49-32)39-25-21-35(22-26-39)34-19-23-38(24-20-34)45-30-41(33-11-5-2-6-12-33)29-44(50-45)37-15-9-4-10-16-37/h2-32H,1H3;2-31H,1H3. The number of hydrogen-bond donors (Lipinski definition) is 0.